The van der Waals surface area contributed by atoms with Gasteiger partial charge in [0.05, 0.1) is 13.7 Å². The molecule has 1 aromatic heterocycles. The molecular formula is C13H13NO3. The summed E-state index contributed by atoms with van der Waals surface area (Å²) in [6.07, 6.45) is 0. The molecule has 0 radical (unpaired) electrons. The van der Waals surface area contributed by atoms with Crippen LogP contribution in [0, 0.1) is 0 Å². The van der Waals surface area contributed by atoms with Crippen LogP contribution >= 0.6 is 0 Å². The van der Waals surface area contributed by atoms with Crippen molar-refractivity contribution in [1.29, 1.82) is 0 Å². The number of benzene rings is 1. The number of rotatable bonds is 4. The average Bonchev–Trinajstić information content (AvgIpc) is 2.87. The highest BCUT2D eigenvalue weighted by molar-refractivity contribution is 6.07. The molecule has 0 bridgehead atoms. The van der Waals surface area contributed by atoms with Gasteiger partial charge in [-0.25, -0.2) is 0 Å². The summed E-state index contributed by atoms with van der Waals surface area (Å²) in [6.45, 7) is 0.288. The summed E-state index contributed by atoms with van der Waals surface area (Å²) in [4.78, 5) is 12.0. The number of nitrogens with two attached hydrogens (primary N) is 1. The zero-order valence-electron chi connectivity index (χ0n) is 9.47. The molecule has 4 heteroatoms. The van der Waals surface area contributed by atoms with Crippen LogP contribution < -0.4 is 10.5 Å². The lowest BCUT2D eigenvalue weighted by atomic mass is 10.1. The lowest BCUT2D eigenvalue weighted by Crippen LogP contribution is -2.00. The highest BCUT2D eigenvalue weighted by Gasteiger charge is 2.13. The summed E-state index contributed by atoms with van der Waals surface area (Å²) in [7, 11) is 1.58. The van der Waals surface area contributed by atoms with E-state index in [1.54, 1.807) is 43.5 Å². The van der Waals surface area contributed by atoms with Crippen LogP contribution in [0.4, 0.5) is 0 Å². The molecule has 0 spiro atoms. The molecule has 88 valence electrons. The van der Waals surface area contributed by atoms with E-state index in [1.165, 1.54) is 0 Å². The van der Waals surface area contributed by atoms with Gasteiger partial charge in [-0.05, 0) is 36.4 Å². The predicted octanol–water partition coefficient (Wildman–Crippen LogP) is 1.98. The van der Waals surface area contributed by atoms with E-state index in [4.69, 9.17) is 14.9 Å². The Hall–Kier alpha value is -2.07. The summed E-state index contributed by atoms with van der Waals surface area (Å²) in [6, 6.07) is 10.2. The molecule has 4 nitrogen and oxygen atoms in total. The molecule has 0 saturated heterocycles. The smallest absolute Gasteiger partial charge is 0.228 e. The maximum Gasteiger partial charge on any atom is 0.228 e. The molecular weight excluding hydrogens is 218 g/mol. The van der Waals surface area contributed by atoms with Crippen LogP contribution in [0.1, 0.15) is 21.9 Å². The van der Waals surface area contributed by atoms with Crippen LogP contribution in [-0.4, -0.2) is 12.9 Å². The van der Waals surface area contributed by atoms with Crippen LogP contribution in [0.25, 0.3) is 0 Å². The number of carbonyl (C=O) groups is 1. The van der Waals surface area contributed by atoms with Gasteiger partial charge in [-0.3, -0.25) is 4.79 Å². The van der Waals surface area contributed by atoms with Gasteiger partial charge >= 0.3 is 0 Å². The maximum atomic E-state index is 12.0. The Balaban J connectivity index is 2.23. The maximum absolute atomic E-state index is 12.0. The molecule has 0 aliphatic carbocycles. The fourth-order valence-electron chi connectivity index (χ4n) is 1.49. The van der Waals surface area contributed by atoms with Crippen molar-refractivity contribution in [3.63, 3.8) is 0 Å². The molecule has 17 heavy (non-hydrogen) atoms. The van der Waals surface area contributed by atoms with Gasteiger partial charge < -0.3 is 14.9 Å². The van der Waals surface area contributed by atoms with E-state index in [2.05, 4.69) is 0 Å². The second-order valence-electron chi connectivity index (χ2n) is 3.53. The normalized spacial score (nSPS) is 10.2. The van der Waals surface area contributed by atoms with Crippen molar-refractivity contribution in [2.45, 2.75) is 6.54 Å². The van der Waals surface area contributed by atoms with E-state index in [9.17, 15) is 4.79 Å². The van der Waals surface area contributed by atoms with Crippen molar-refractivity contribution < 1.29 is 13.9 Å². The van der Waals surface area contributed by atoms with E-state index in [1.807, 2.05) is 0 Å². The number of furan rings is 1. The summed E-state index contributed by atoms with van der Waals surface area (Å²) in [5, 5.41) is 0. The van der Waals surface area contributed by atoms with Crippen molar-refractivity contribution in [3.8, 4) is 5.75 Å². The number of hydrogen-bond acceptors (Lipinski definition) is 4. The summed E-state index contributed by atoms with van der Waals surface area (Å²) in [5.41, 5.74) is 5.98. The van der Waals surface area contributed by atoms with Crippen LogP contribution in [0.3, 0.4) is 0 Å². The van der Waals surface area contributed by atoms with E-state index in [-0.39, 0.29) is 12.3 Å². The molecule has 1 aromatic carbocycles. The first-order chi connectivity index (χ1) is 8.24. The Kier molecular flexibility index (Phi) is 3.25. The van der Waals surface area contributed by atoms with Gasteiger partial charge in [0.2, 0.25) is 5.78 Å². The Morgan fingerprint density at radius 2 is 1.94 bits per heavy atom. The largest absolute Gasteiger partial charge is 0.497 e. The number of ether oxygens (including phenoxy) is 1. The number of hydrogen-bond donors (Lipinski definition) is 1. The average molecular weight is 231 g/mol. The first-order valence-electron chi connectivity index (χ1n) is 5.22. The third kappa shape index (κ3) is 2.37. The van der Waals surface area contributed by atoms with Crippen molar-refractivity contribution >= 4 is 5.78 Å². The SMILES string of the molecule is COc1ccc(C(=O)c2ccc(CN)o2)cc1. The van der Waals surface area contributed by atoms with E-state index >= 15 is 0 Å². The van der Waals surface area contributed by atoms with Gasteiger partial charge in [0, 0.05) is 5.56 Å². The molecule has 0 saturated carbocycles. The fourth-order valence-corrected chi connectivity index (χ4v) is 1.49. The van der Waals surface area contributed by atoms with Crippen LogP contribution in [0.15, 0.2) is 40.8 Å². The standard InChI is InChI=1S/C13H13NO3/c1-16-10-4-2-9(3-5-10)13(15)12-7-6-11(8-14)17-12/h2-7H,8,14H2,1H3. The van der Waals surface area contributed by atoms with Gasteiger partial charge in [0.1, 0.15) is 11.5 Å². The minimum Gasteiger partial charge on any atom is -0.497 e. The Morgan fingerprint density at radius 3 is 2.47 bits per heavy atom. The van der Waals surface area contributed by atoms with Crippen molar-refractivity contribution in [2.24, 2.45) is 5.73 Å². The highest BCUT2D eigenvalue weighted by Crippen LogP contribution is 2.16. The second-order valence-corrected chi connectivity index (χ2v) is 3.53. The number of ketones is 1. The molecule has 0 fully saturated rings. The topological polar surface area (TPSA) is 65.5 Å². The first kappa shape index (κ1) is 11.4. The fraction of sp³-hybridized carbons (Fsp3) is 0.154. The highest BCUT2D eigenvalue weighted by atomic mass is 16.5. The third-order valence-electron chi connectivity index (χ3n) is 2.44. The molecule has 0 atom stereocenters. The van der Waals surface area contributed by atoms with Crippen molar-refractivity contribution in [2.75, 3.05) is 7.11 Å². The molecule has 2 N–H and O–H groups in total. The van der Waals surface area contributed by atoms with E-state index in [0.29, 0.717) is 22.8 Å². The Bertz CT molecular complexity index is 514. The van der Waals surface area contributed by atoms with Gasteiger partial charge in [0.15, 0.2) is 5.76 Å². The molecule has 0 unspecified atom stereocenters. The third-order valence-corrected chi connectivity index (χ3v) is 2.44. The van der Waals surface area contributed by atoms with Gasteiger partial charge in [0.25, 0.3) is 0 Å². The zero-order valence-corrected chi connectivity index (χ0v) is 9.47. The monoisotopic (exact) mass is 231 g/mol. The van der Waals surface area contributed by atoms with Crippen LogP contribution in [-0.2, 0) is 6.54 Å². The van der Waals surface area contributed by atoms with Crippen LogP contribution in [0.5, 0.6) is 5.75 Å². The summed E-state index contributed by atoms with van der Waals surface area (Å²) >= 11 is 0. The van der Waals surface area contributed by atoms with Crippen molar-refractivity contribution in [1.82, 2.24) is 0 Å². The minimum atomic E-state index is -0.160. The van der Waals surface area contributed by atoms with Crippen LogP contribution in [0.2, 0.25) is 0 Å². The molecule has 0 aliphatic rings. The number of carbonyl (C=O) groups excluding carboxylic acids is 1. The molecule has 2 rings (SSSR count). The van der Waals surface area contributed by atoms with Gasteiger partial charge in [-0.1, -0.05) is 0 Å². The molecule has 2 aromatic rings. The van der Waals surface area contributed by atoms with Crippen molar-refractivity contribution in [3.05, 3.63) is 53.5 Å². The molecule has 1 heterocycles. The molecule has 0 amide bonds. The number of methoxy groups -OCH3 is 1. The lowest BCUT2D eigenvalue weighted by molar-refractivity contribution is 0.101. The molecule has 0 aliphatic heterocycles. The zero-order chi connectivity index (χ0) is 12.3. The van der Waals surface area contributed by atoms with E-state index in [0.717, 1.165) is 0 Å². The predicted molar refractivity (Wildman–Crippen MR) is 63.0 cm³/mol. The summed E-state index contributed by atoms with van der Waals surface area (Å²) < 4.78 is 10.3. The van der Waals surface area contributed by atoms with E-state index < -0.39 is 0 Å². The first-order valence-corrected chi connectivity index (χ1v) is 5.22. The Labute approximate surface area is 99.0 Å². The summed E-state index contributed by atoms with van der Waals surface area (Å²) in [5.74, 6) is 1.45. The van der Waals surface area contributed by atoms with Gasteiger partial charge in [-0.2, -0.15) is 0 Å². The second kappa shape index (κ2) is 4.84. The minimum absolute atomic E-state index is 0.160. The quantitative estimate of drug-likeness (QED) is 0.817. The lowest BCUT2D eigenvalue weighted by Gasteiger charge is -2.01. The van der Waals surface area contributed by atoms with Gasteiger partial charge in [-0.15, -0.1) is 0 Å². The Morgan fingerprint density at radius 1 is 1.24 bits per heavy atom.